The number of carbonyl (C=O) groups excluding carboxylic acids is 1. The van der Waals surface area contributed by atoms with Crippen LogP contribution in [-0.2, 0) is 6.54 Å². The summed E-state index contributed by atoms with van der Waals surface area (Å²) in [7, 11) is 1.68. The van der Waals surface area contributed by atoms with E-state index in [4.69, 9.17) is 4.74 Å². The predicted octanol–water partition coefficient (Wildman–Crippen LogP) is 6.69. The molecule has 0 aliphatic heterocycles. The number of hydrogen-bond donors (Lipinski definition) is 2. The van der Waals surface area contributed by atoms with E-state index in [1.807, 2.05) is 67.7 Å². The molecule has 4 aromatic carbocycles. The van der Waals surface area contributed by atoms with Crippen LogP contribution in [0, 0.1) is 6.92 Å². The van der Waals surface area contributed by atoms with Crippen LogP contribution in [0.5, 0.6) is 5.75 Å². The number of amides is 2. The van der Waals surface area contributed by atoms with E-state index in [9.17, 15) is 4.79 Å². The lowest BCUT2D eigenvalue weighted by atomic mass is 9.95. The molecule has 0 fully saturated rings. The molecular formula is C29H25N3O2. The first-order valence-corrected chi connectivity index (χ1v) is 11.2. The summed E-state index contributed by atoms with van der Waals surface area (Å²) >= 11 is 0. The van der Waals surface area contributed by atoms with Crippen molar-refractivity contribution in [3.63, 3.8) is 0 Å². The van der Waals surface area contributed by atoms with Gasteiger partial charge in [0.2, 0.25) is 0 Å². The molecular weight excluding hydrogens is 422 g/mol. The van der Waals surface area contributed by atoms with E-state index in [2.05, 4.69) is 39.9 Å². The van der Waals surface area contributed by atoms with Crippen LogP contribution in [0.2, 0.25) is 0 Å². The molecule has 0 spiro atoms. The molecule has 2 N–H and O–H groups in total. The quantitative estimate of drug-likeness (QED) is 0.315. The van der Waals surface area contributed by atoms with Gasteiger partial charge in [0, 0.05) is 29.7 Å². The molecule has 0 saturated heterocycles. The van der Waals surface area contributed by atoms with Crippen LogP contribution < -0.4 is 15.4 Å². The largest absolute Gasteiger partial charge is 0.496 e. The van der Waals surface area contributed by atoms with E-state index >= 15 is 0 Å². The van der Waals surface area contributed by atoms with Gasteiger partial charge in [-0.2, -0.15) is 0 Å². The summed E-state index contributed by atoms with van der Waals surface area (Å²) in [6, 6.07) is 26.0. The van der Waals surface area contributed by atoms with Crippen LogP contribution in [0.3, 0.4) is 0 Å². The number of hydrogen-bond acceptors (Lipinski definition) is 3. The summed E-state index contributed by atoms with van der Waals surface area (Å²) in [5.41, 5.74) is 5.10. The van der Waals surface area contributed by atoms with Gasteiger partial charge in [-0.15, -0.1) is 0 Å². The normalized spacial score (nSPS) is 10.9. The van der Waals surface area contributed by atoms with Gasteiger partial charge in [0.05, 0.1) is 12.8 Å². The average molecular weight is 448 g/mol. The SMILES string of the molecule is COc1ccc(-c2ccc(CNC(=O)Nc3cccc4ccccc34)c3cnccc23)cc1C. The fourth-order valence-electron chi connectivity index (χ4n) is 4.38. The van der Waals surface area contributed by atoms with Crippen LogP contribution >= 0.6 is 0 Å². The summed E-state index contributed by atoms with van der Waals surface area (Å²) in [4.78, 5) is 17.0. The second kappa shape index (κ2) is 9.24. The highest BCUT2D eigenvalue weighted by molar-refractivity contribution is 6.02. The maximum Gasteiger partial charge on any atom is 0.319 e. The Morgan fingerprint density at radius 3 is 2.62 bits per heavy atom. The lowest BCUT2D eigenvalue weighted by Crippen LogP contribution is -2.28. The van der Waals surface area contributed by atoms with Gasteiger partial charge in [0.15, 0.2) is 0 Å². The van der Waals surface area contributed by atoms with Crippen LogP contribution in [0.15, 0.2) is 91.3 Å². The number of aromatic nitrogens is 1. The van der Waals surface area contributed by atoms with Crippen molar-refractivity contribution < 1.29 is 9.53 Å². The maximum atomic E-state index is 12.7. The fraction of sp³-hybridized carbons (Fsp3) is 0.103. The molecule has 0 saturated carbocycles. The van der Waals surface area contributed by atoms with E-state index in [1.54, 1.807) is 13.3 Å². The van der Waals surface area contributed by atoms with Gasteiger partial charge in [0.1, 0.15) is 5.75 Å². The van der Waals surface area contributed by atoms with Crippen molar-refractivity contribution in [1.29, 1.82) is 0 Å². The molecule has 1 heterocycles. The van der Waals surface area contributed by atoms with Crippen molar-refractivity contribution in [2.24, 2.45) is 0 Å². The third-order valence-corrected chi connectivity index (χ3v) is 6.09. The first kappa shape index (κ1) is 21.5. The summed E-state index contributed by atoms with van der Waals surface area (Å²) in [6.07, 6.45) is 3.65. The Morgan fingerprint density at radius 2 is 1.76 bits per heavy atom. The number of nitrogens with one attached hydrogen (secondary N) is 2. The first-order valence-electron chi connectivity index (χ1n) is 11.2. The minimum Gasteiger partial charge on any atom is -0.496 e. The van der Waals surface area contributed by atoms with Gasteiger partial charge in [0.25, 0.3) is 0 Å². The number of ether oxygens (including phenoxy) is 1. The number of aryl methyl sites for hydroxylation is 1. The molecule has 5 rings (SSSR count). The molecule has 2 amide bonds. The minimum absolute atomic E-state index is 0.247. The summed E-state index contributed by atoms with van der Waals surface area (Å²) in [5.74, 6) is 0.868. The van der Waals surface area contributed by atoms with Gasteiger partial charge in [-0.05, 0) is 64.2 Å². The lowest BCUT2D eigenvalue weighted by molar-refractivity contribution is 0.252. The topological polar surface area (TPSA) is 63.2 Å². The van der Waals surface area contributed by atoms with Crippen molar-refractivity contribution in [2.45, 2.75) is 13.5 Å². The minimum atomic E-state index is -0.247. The second-order valence-corrected chi connectivity index (χ2v) is 8.21. The van der Waals surface area contributed by atoms with Crippen LogP contribution in [0.4, 0.5) is 10.5 Å². The van der Waals surface area contributed by atoms with E-state index in [0.717, 1.165) is 55.2 Å². The Bertz CT molecular complexity index is 1510. The number of rotatable bonds is 5. The highest BCUT2D eigenvalue weighted by Gasteiger charge is 2.11. The smallest absolute Gasteiger partial charge is 0.319 e. The Kier molecular flexibility index (Phi) is 5.83. The Morgan fingerprint density at radius 1 is 0.912 bits per heavy atom. The van der Waals surface area contributed by atoms with Gasteiger partial charge >= 0.3 is 6.03 Å². The van der Waals surface area contributed by atoms with Gasteiger partial charge in [-0.1, -0.05) is 54.6 Å². The fourth-order valence-corrected chi connectivity index (χ4v) is 4.38. The molecule has 1 aromatic heterocycles. The number of fused-ring (bicyclic) bond motifs is 2. The molecule has 0 atom stereocenters. The number of nitrogens with zero attached hydrogens (tertiary/aromatic N) is 1. The molecule has 0 radical (unpaired) electrons. The van der Waals surface area contributed by atoms with Crippen molar-refractivity contribution in [1.82, 2.24) is 10.3 Å². The molecule has 0 bridgehead atoms. The summed E-state index contributed by atoms with van der Waals surface area (Å²) < 4.78 is 5.41. The van der Waals surface area contributed by atoms with E-state index < -0.39 is 0 Å². The third kappa shape index (κ3) is 4.16. The Hall–Kier alpha value is -4.38. The molecule has 168 valence electrons. The molecule has 5 aromatic rings. The van der Waals surface area contributed by atoms with Gasteiger partial charge < -0.3 is 15.4 Å². The molecule has 0 aliphatic carbocycles. The van der Waals surface area contributed by atoms with Crippen LogP contribution in [-0.4, -0.2) is 18.1 Å². The first-order chi connectivity index (χ1) is 16.6. The Labute approximate surface area is 198 Å². The number of anilines is 1. The standard InChI is InChI=1S/C29H25N3O2/c1-19-16-21(11-13-28(19)34-2)23-12-10-22(26-18-30-15-14-25(23)26)17-31-29(33)32-27-9-5-7-20-6-3-4-8-24(20)27/h3-16,18H,17H2,1-2H3,(H2,31,32,33). The van der Waals surface area contributed by atoms with E-state index in [-0.39, 0.29) is 6.03 Å². The summed E-state index contributed by atoms with van der Waals surface area (Å²) in [5, 5.41) is 10.2. The zero-order valence-corrected chi connectivity index (χ0v) is 19.1. The predicted molar refractivity (Wildman–Crippen MR) is 138 cm³/mol. The number of methoxy groups -OCH3 is 1. The van der Waals surface area contributed by atoms with Gasteiger partial charge in [-0.3, -0.25) is 4.98 Å². The van der Waals surface area contributed by atoms with Crippen LogP contribution in [0.25, 0.3) is 32.7 Å². The Balaban J connectivity index is 1.39. The zero-order valence-electron chi connectivity index (χ0n) is 19.1. The zero-order chi connectivity index (χ0) is 23.5. The molecule has 0 unspecified atom stereocenters. The maximum absolute atomic E-state index is 12.7. The molecule has 34 heavy (non-hydrogen) atoms. The number of carbonyl (C=O) groups is 1. The van der Waals surface area contributed by atoms with Crippen molar-refractivity contribution >= 4 is 33.3 Å². The van der Waals surface area contributed by atoms with Crippen molar-refractivity contribution in [2.75, 3.05) is 12.4 Å². The average Bonchev–Trinajstić information content (AvgIpc) is 2.87. The molecule has 5 heteroatoms. The highest BCUT2D eigenvalue weighted by Crippen LogP contribution is 2.33. The summed E-state index contributed by atoms with van der Waals surface area (Å²) in [6.45, 7) is 2.43. The molecule has 0 aliphatic rings. The van der Waals surface area contributed by atoms with E-state index in [1.165, 1.54) is 0 Å². The number of pyridine rings is 1. The van der Waals surface area contributed by atoms with Gasteiger partial charge in [-0.25, -0.2) is 4.79 Å². The monoisotopic (exact) mass is 447 g/mol. The second-order valence-electron chi connectivity index (χ2n) is 8.21. The van der Waals surface area contributed by atoms with Crippen molar-refractivity contribution in [3.8, 4) is 16.9 Å². The van der Waals surface area contributed by atoms with Crippen LogP contribution in [0.1, 0.15) is 11.1 Å². The third-order valence-electron chi connectivity index (χ3n) is 6.09. The van der Waals surface area contributed by atoms with Crippen molar-refractivity contribution in [3.05, 3.63) is 102 Å². The number of urea groups is 1. The molecule has 5 nitrogen and oxygen atoms in total. The lowest BCUT2D eigenvalue weighted by Gasteiger charge is -2.14. The highest BCUT2D eigenvalue weighted by atomic mass is 16.5. The van der Waals surface area contributed by atoms with E-state index in [0.29, 0.717) is 6.54 Å². The number of benzene rings is 4.